The maximum absolute atomic E-state index is 12.4. The SMILES string of the molecule is CCCCCCCCCCCCOc1ccc(C=Nc2ccc(OC(=O)CCCCCCCCC(=O)Oc3ccc(N=Cc4ccc(OCCCCCCCCCCCC)cc4)cc3)cc2)cc1. The molecule has 0 unspecified atom stereocenters. The number of hydrogen-bond donors (Lipinski definition) is 0. The monoisotopic (exact) mass is 929 g/mol. The van der Waals surface area contributed by atoms with Crippen LogP contribution < -0.4 is 18.9 Å². The van der Waals surface area contributed by atoms with Crippen LogP contribution in [0.3, 0.4) is 0 Å². The van der Waals surface area contributed by atoms with Gasteiger partial charge in [0.2, 0.25) is 0 Å². The molecule has 8 heteroatoms. The van der Waals surface area contributed by atoms with Crippen LogP contribution in [-0.2, 0) is 9.59 Å². The Labute approximate surface area is 410 Å². The van der Waals surface area contributed by atoms with E-state index >= 15 is 0 Å². The first-order valence-electron chi connectivity index (χ1n) is 26.7. The van der Waals surface area contributed by atoms with E-state index in [0.717, 1.165) is 98.6 Å². The van der Waals surface area contributed by atoms with Crippen molar-refractivity contribution in [3.05, 3.63) is 108 Å². The van der Waals surface area contributed by atoms with Gasteiger partial charge < -0.3 is 18.9 Å². The van der Waals surface area contributed by atoms with Crippen molar-refractivity contribution in [2.24, 2.45) is 9.98 Å². The molecule has 0 amide bonds. The first kappa shape index (κ1) is 55.4. The molecule has 0 heterocycles. The number of esters is 2. The molecule has 0 spiro atoms. The quantitative estimate of drug-likeness (QED) is 0.0191. The topological polar surface area (TPSA) is 95.8 Å². The minimum atomic E-state index is -0.232. The van der Waals surface area contributed by atoms with Gasteiger partial charge in [0.1, 0.15) is 23.0 Å². The van der Waals surface area contributed by atoms with Gasteiger partial charge >= 0.3 is 11.9 Å². The zero-order chi connectivity index (χ0) is 48.0. The van der Waals surface area contributed by atoms with Crippen LogP contribution in [0.1, 0.15) is 205 Å². The van der Waals surface area contributed by atoms with Crippen LogP contribution in [0.5, 0.6) is 23.0 Å². The van der Waals surface area contributed by atoms with Crippen molar-refractivity contribution >= 4 is 35.7 Å². The molecule has 0 aliphatic carbocycles. The number of aliphatic imine (C=N–C) groups is 2. The van der Waals surface area contributed by atoms with Crippen LogP contribution in [0.2, 0.25) is 0 Å². The maximum Gasteiger partial charge on any atom is 0.311 e. The zero-order valence-corrected chi connectivity index (χ0v) is 41.9. The predicted molar refractivity (Wildman–Crippen MR) is 283 cm³/mol. The molecular formula is C60H84N2O6. The number of carbonyl (C=O) groups excluding carboxylic acids is 2. The molecule has 0 N–H and O–H groups in total. The van der Waals surface area contributed by atoms with Crippen LogP contribution in [-0.4, -0.2) is 37.6 Å². The van der Waals surface area contributed by atoms with E-state index in [1.54, 1.807) is 24.3 Å². The molecular weight excluding hydrogens is 845 g/mol. The Balaban J connectivity index is 0.963. The van der Waals surface area contributed by atoms with Gasteiger partial charge in [-0.15, -0.1) is 0 Å². The number of unbranched alkanes of at least 4 members (excludes halogenated alkanes) is 23. The fraction of sp³-hybridized carbons (Fsp3) is 0.533. The number of rotatable bonds is 39. The van der Waals surface area contributed by atoms with Gasteiger partial charge in [-0.05, 0) is 134 Å². The summed E-state index contributed by atoms with van der Waals surface area (Å²) in [5.41, 5.74) is 3.56. The van der Waals surface area contributed by atoms with Gasteiger partial charge in [0, 0.05) is 25.3 Å². The Hall–Kier alpha value is -5.24. The lowest BCUT2D eigenvalue weighted by Gasteiger charge is -2.07. The molecule has 370 valence electrons. The van der Waals surface area contributed by atoms with E-state index in [9.17, 15) is 9.59 Å². The summed E-state index contributed by atoms with van der Waals surface area (Å²) in [4.78, 5) is 34.0. The first-order chi connectivity index (χ1) is 33.5. The average Bonchev–Trinajstić information content (AvgIpc) is 3.36. The summed E-state index contributed by atoms with van der Waals surface area (Å²) in [6.45, 7) is 6.04. The second kappa shape index (κ2) is 36.8. The highest BCUT2D eigenvalue weighted by molar-refractivity contribution is 5.83. The standard InChI is InChI=1S/C60H84N2O6/c1-3-5-7-9-11-13-15-19-23-27-47-65-55-39-31-51(32-40-55)49-61-53-35-43-57(44-36-53)67-59(63)29-25-21-17-18-22-26-30-60(64)68-58-45-37-54(38-46-58)62-50-52-33-41-56(42-34-52)66-48-28-24-20-16-14-12-10-8-6-4-2/h31-46,49-50H,3-30,47-48H2,1-2H3. The summed E-state index contributed by atoms with van der Waals surface area (Å²) >= 11 is 0. The lowest BCUT2D eigenvalue weighted by molar-refractivity contribution is -0.135. The van der Waals surface area contributed by atoms with Crippen LogP contribution in [0.15, 0.2) is 107 Å². The molecule has 0 aromatic heterocycles. The molecule has 68 heavy (non-hydrogen) atoms. The third-order valence-electron chi connectivity index (χ3n) is 12.2. The van der Waals surface area contributed by atoms with E-state index in [0.29, 0.717) is 24.3 Å². The third-order valence-corrected chi connectivity index (χ3v) is 12.2. The largest absolute Gasteiger partial charge is 0.494 e. The minimum absolute atomic E-state index is 0.232. The Morgan fingerprint density at radius 2 is 0.632 bits per heavy atom. The van der Waals surface area contributed by atoms with E-state index in [-0.39, 0.29) is 11.9 Å². The highest BCUT2D eigenvalue weighted by Crippen LogP contribution is 2.22. The van der Waals surface area contributed by atoms with E-state index in [2.05, 4.69) is 23.8 Å². The summed E-state index contributed by atoms with van der Waals surface area (Å²) in [7, 11) is 0. The third kappa shape index (κ3) is 26.9. The summed E-state index contributed by atoms with van der Waals surface area (Å²) in [5, 5.41) is 0. The minimum Gasteiger partial charge on any atom is -0.494 e. The normalized spacial score (nSPS) is 11.4. The molecule has 0 saturated carbocycles. The summed E-state index contributed by atoms with van der Waals surface area (Å²) < 4.78 is 23.0. The van der Waals surface area contributed by atoms with Crippen molar-refractivity contribution < 1.29 is 28.5 Å². The molecule has 0 atom stereocenters. The summed E-state index contributed by atoms with van der Waals surface area (Å²) in [6.07, 6.45) is 36.2. The lowest BCUT2D eigenvalue weighted by atomic mass is 10.1. The molecule has 0 aliphatic heterocycles. The van der Waals surface area contributed by atoms with Crippen LogP contribution in [0.25, 0.3) is 0 Å². The molecule has 0 bridgehead atoms. The van der Waals surface area contributed by atoms with Crippen molar-refractivity contribution in [3.8, 4) is 23.0 Å². The van der Waals surface area contributed by atoms with Crippen molar-refractivity contribution in [2.75, 3.05) is 13.2 Å². The van der Waals surface area contributed by atoms with E-state index in [4.69, 9.17) is 18.9 Å². The van der Waals surface area contributed by atoms with Gasteiger partial charge in [-0.3, -0.25) is 19.6 Å². The fourth-order valence-corrected chi connectivity index (χ4v) is 7.97. The number of ether oxygens (including phenoxy) is 4. The molecule has 8 nitrogen and oxygen atoms in total. The molecule has 4 aromatic carbocycles. The molecule has 0 saturated heterocycles. The first-order valence-corrected chi connectivity index (χ1v) is 26.7. The van der Waals surface area contributed by atoms with Gasteiger partial charge in [-0.25, -0.2) is 0 Å². The second-order valence-corrected chi connectivity index (χ2v) is 18.3. The number of carbonyl (C=O) groups is 2. The van der Waals surface area contributed by atoms with Gasteiger partial charge in [-0.2, -0.15) is 0 Å². The van der Waals surface area contributed by atoms with Crippen LogP contribution >= 0.6 is 0 Å². The van der Waals surface area contributed by atoms with Gasteiger partial charge in [0.05, 0.1) is 24.6 Å². The zero-order valence-electron chi connectivity index (χ0n) is 41.9. The van der Waals surface area contributed by atoms with Gasteiger partial charge in [0.25, 0.3) is 0 Å². The van der Waals surface area contributed by atoms with E-state index in [1.165, 1.54) is 116 Å². The molecule has 0 fully saturated rings. The lowest BCUT2D eigenvalue weighted by Crippen LogP contribution is -2.07. The Morgan fingerprint density at radius 3 is 0.956 bits per heavy atom. The second-order valence-electron chi connectivity index (χ2n) is 18.3. The van der Waals surface area contributed by atoms with Gasteiger partial charge in [0.15, 0.2) is 0 Å². The van der Waals surface area contributed by atoms with Crippen molar-refractivity contribution in [2.45, 2.75) is 194 Å². The fourth-order valence-electron chi connectivity index (χ4n) is 7.97. The highest BCUT2D eigenvalue weighted by Gasteiger charge is 2.08. The predicted octanol–water partition coefficient (Wildman–Crippen LogP) is 17.4. The highest BCUT2D eigenvalue weighted by atomic mass is 16.5. The van der Waals surface area contributed by atoms with E-state index < -0.39 is 0 Å². The number of hydrogen-bond acceptors (Lipinski definition) is 8. The Bertz CT molecular complexity index is 1800. The Kier molecular flexibility index (Phi) is 29.9. The van der Waals surface area contributed by atoms with Crippen molar-refractivity contribution in [1.82, 2.24) is 0 Å². The molecule has 0 radical (unpaired) electrons. The number of nitrogens with zero attached hydrogens (tertiary/aromatic N) is 2. The average molecular weight is 929 g/mol. The summed E-state index contributed by atoms with van der Waals surface area (Å²) in [5.74, 6) is 2.35. The summed E-state index contributed by atoms with van der Waals surface area (Å²) in [6, 6.07) is 30.5. The van der Waals surface area contributed by atoms with E-state index in [1.807, 2.05) is 85.2 Å². The molecule has 0 aliphatic rings. The van der Waals surface area contributed by atoms with Crippen molar-refractivity contribution in [1.29, 1.82) is 0 Å². The van der Waals surface area contributed by atoms with Crippen molar-refractivity contribution in [3.63, 3.8) is 0 Å². The Morgan fingerprint density at radius 1 is 0.353 bits per heavy atom. The molecule has 4 rings (SSSR count). The molecule has 4 aromatic rings. The van der Waals surface area contributed by atoms with Crippen LogP contribution in [0, 0.1) is 0 Å². The number of benzene rings is 4. The maximum atomic E-state index is 12.4. The smallest absolute Gasteiger partial charge is 0.311 e. The van der Waals surface area contributed by atoms with Crippen LogP contribution in [0.4, 0.5) is 11.4 Å². The van der Waals surface area contributed by atoms with Gasteiger partial charge in [-0.1, -0.05) is 155 Å².